The van der Waals surface area contributed by atoms with Crippen LogP contribution in [-0.2, 0) is 16.0 Å². The van der Waals surface area contributed by atoms with Gasteiger partial charge in [0, 0.05) is 38.3 Å². The normalized spacial score (nSPS) is 14.9. The van der Waals surface area contributed by atoms with Crippen LogP contribution in [0.5, 0.6) is 5.75 Å². The van der Waals surface area contributed by atoms with Crippen molar-refractivity contribution >= 4 is 22.5 Å². The van der Waals surface area contributed by atoms with Crippen LogP contribution in [0.2, 0.25) is 0 Å². The second kappa shape index (κ2) is 8.71. The molecule has 1 saturated heterocycles. The Morgan fingerprint density at radius 2 is 1.97 bits per heavy atom. The van der Waals surface area contributed by atoms with Crippen molar-refractivity contribution < 1.29 is 14.3 Å². The van der Waals surface area contributed by atoms with Gasteiger partial charge in [-0.25, -0.2) is 4.98 Å². The molecular weight excluding hydrogens is 378 g/mol. The maximum atomic E-state index is 13.2. The van der Waals surface area contributed by atoms with E-state index in [1.165, 1.54) is 0 Å². The summed E-state index contributed by atoms with van der Waals surface area (Å²) in [4.78, 5) is 20.0. The van der Waals surface area contributed by atoms with E-state index in [4.69, 9.17) is 9.47 Å². The number of nitrogens with one attached hydrogen (secondary N) is 1. The van der Waals surface area contributed by atoms with Crippen LogP contribution < -0.4 is 15.0 Å². The minimum Gasteiger partial charge on any atom is -0.497 e. The Hall–Kier alpha value is -3.12. The molecule has 0 aliphatic carbocycles. The van der Waals surface area contributed by atoms with Crippen molar-refractivity contribution in [2.45, 2.75) is 6.42 Å². The fourth-order valence-electron chi connectivity index (χ4n) is 4.15. The van der Waals surface area contributed by atoms with E-state index in [0.717, 1.165) is 27.9 Å². The molecular formula is C24H27N3O3. The molecule has 0 saturated carbocycles. The molecule has 0 bridgehead atoms. The molecule has 1 aromatic heterocycles. The zero-order chi connectivity index (χ0) is 21.0. The summed E-state index contributed by atoms with van der Waals surface area (Å²) >= 11 is 0. The predicted molar refractivity (Wildman–Crippen MR) is 118 cm³/mol. The van der Waals surface area contributed by atoms with Gasteiger partial charge in [-0.2, -0.15) is 0 Å². The SMILES string of the molecule is COCCNC(=O)C1(Cc2cccc(OC)c2)CN(c2nccc3ccccc23)C1. The first kappa shape index (κ1) is 20.2. The smallest absolute Gasteiger partial charge is 0.230 e. The standard InChI is InChI=1S/C24H27N3O3/c1-29-13-12-26-23(28)24(15-18-6-5-8-20(14-18)30-2)16-27(17-24)22-21-9-4-3-7-19(21)10-11-25-22/h3-11,14H,12-13,15-17H2,1-2H3,(H,26,28). The van der Waals surface area contributed by atoms with E-state index in [9.17, 15) is 4.79 Å². The molecule has 0 unspecified atom stereocenters. The number of anilines is 1. The van der Waals surface area contributed by atoms with Crippen molar-refractivity contribution in [1.29, 1.82) is 0 Å². The number of hydrogen-bond acceptors (Lipinski definition) is 5. The molecule has 2 heterocycles. The number of nitrogens with zero attached hydrogens (tertiary/aromatic N) is 2. The number of methoxy groups -OCH3 is 2. The summed E-state index contributed by atoms with van der Waals surface area (Å²) in [5.41, 5.74) is 0.570. The number of carbonyl (C=O) groups excluding carboxylic acids is 1. The van der Waals surface area contributed by atoms with Crippen molar-refractivity contribution in [3.8, 4) is 5.75 Å². The number of carbonyl (C=O) groups is 1. The van der Waals surface area contributed by atoms with Gasteiger partial charge in [0.2, 0.25) is 5.91 Å². The molecule has 6 heteroatoms. The Labute approximate surface area is 176 Å². The van der Waals surface area contributed by atoms with E-state index in [2.05, 4.69) is 27.3 Å². The molecule has 2 aromatic carbocycles. The van der Waals surface area contributed by atoms with Gasteiger partial charge >= 0.3 is 0 Å². The molecule has 1 aliphatic rings. The minimum absolute atomic E-state index is 0.0545. The van der Waals surface area contributed by atoms with Gasteiger partial charge in [-0.05, 0) is 35.6 Å². The lowest BCUT2D eigenvalue weighted by Gasteiger charge is -2.50. The first-order chi connectivity index (χ1) is 14.6. The van der Waals surface area contributed by atoms with Gasteiger partial charge in [0.1, 0.15) is 11.6 Å². The molecule has 0 spiro atoms. The Balaban J connectivity index is 1.58. The Morgan fingerprint density at radius 1 is 1.13 bits per heavy atom. The van der Waals surface area contributed by atoms with Gasteiger partial charge in [-0.1, -0.05) is 36.4 Å². The van der Waals surface area contributed by atoms with Crippen LogP contribution in [0.4, 0.5) is 5.82 Å². The summed E-state index contributed by atoms with van der Waals surface area (Å²) in [7, 11) is 3.29. The largest absolute Gasteiger partial charge is 0.497 e. The summed E-state index contributed by atoms with van der Waals surface area (Å²) < 4.78 is 10.5. The molecule has 1 amide bonds. The molecule has 1 aliphatic heterocycles. The number of rotatable bonds is 8. The monoisotopic (exact) mass is 405 g/mol. The van der Waals surface area contributed by atoms with Gasteiger partial charge in [-0.15, -0.1) is 0 Å². The summed E-state index contributed by atoms with van der Waals surface area (Å²) in [5, 5.41) is 5.30. The van der Waals surface area contributed by atoms with E-state index in [1.54, 1.807) is 14.2 Å². The molecule has 156 valence electrons. The highest BCUT2D eigenvalue weighted by atomic mass is 16.5. The van der Waals surface area contributed by atoms with Crippen molar-refractivity contribution in [2.75, 3.05) is 45.4 Å². The van der Waals surface area contributed by atoms with Crippen LogP contribution in [0.25, 0.3) is 10.8 Å². The van der Waals surface area contributed by atoms with Crippen LogP contribution in [-0.4, -0.2) is 51.4 Å². The minimum atomic E-state index is -0.515. The molecule has 0 atom stereocenters. The van der Waals surface area contributed by atoms with Gasteiger partial charge in [-0.3, -0.25) is 4.79 Å². The van der Waals surface area contributed by atoms with Gasteiger partial charge in [0.05, 0.1) is 19.1 Å². The maximum absolute atomic E-state index is 13.2. The fourth-order valence-corrected chi connectivity index (χ4v) is 4.15. The molecule has 4 rings (SSSR count). The Kier molecular flexibility index (Phi) is 5.86. The zero-order valence-corrected chi connectivity index (χ0v) is 17.4. The topological polar surface area (TPSA) is 63.7 Å². The van der Waals surface area contributed by atoms with E-state index in [0.29, 0.717) is 32.7 Å². The van der Waals surface area contributed by atoms with E-state index < -0.39 is 5.41 Å². The molecule has 1 fully saturated rings. The van der Waals surface area contributed by atoms with E-state index >= 15 is 0 Å². The lowest BCUT2D eigenvalue weighted by Crippen LogP contribution is -2.65. The van der Waals surface area contributed by atoms with Crippen LogP contribution in [0.3, 0.4) is 0 Å². The predicted octanol–water partition coefficient (Wildman–Crippen LogP) is 3.06. The zero-order valence-electron chi connectivity index (χ0n) is 17.4. The highest BCUT2D eigenvalue weighted by Gasteiger charge is 2.49. The van der Waals surface area contributed by atoms with Crippen LogP contribution >= 0.6 is 0 Å². The first-order valence-corrected chi connectivity index (χ1v) is 10.1. The van der Waals surface area contributed by atoms with Crippen LogP contribution in [0, 0.1) is 5.41 Å². The van der Waals surface area contributed by atoms with Crippen molar-refractivity contribution in [1.82, 2.24) is 10.3 Å². The van der Waals surface area contributed by atoms with Gasteiger partial charge in [0.15, 0.2) is 0 Å². The molecule has 30 heavy (non-hydrogen) atoms. The quantitative estimate of drug-likeness (QED) is 0.584. The van der Waals surface area contributed by atoms with E-state index in [-0.39, 0.29) is 5.91 Å². The number of pyridine rings is 1. The second-order valence-corrected chi connectivity index (χ2v) is 7.77. The average Bonchev–Trinajstić information content (AvgIpc) is 2.76. The number of hydrogen-bond donors (Lipinski definition) is 1. The summed E-state index contributed by atoms with van der Waals surface area (Å²) in [6, 6.07) is 18.2. The molecule has 6 nitrogen and oxygen atoms in total. The Bertz CT molecular complexity index is 1030. The maximum Gasteiger partial charge on any atom is 0.230 e. The third-order valence-corrected chi connectivity index (χ3v) is 5.69. The summed E-state index contributed by atoms with van der Waals surface area (Å²) in [5.74, 6) is 1.78. The Morgan fingerprint density at radius 3 is 2.77 bits per heavy atom. The molecule has 0 radical (unpaired) electrons. The first-order valence-electron chi connectivity index (χ1n) is 10.1. The second-order valence-electron chi connectivity index (χ2n) is 7.77. The molecule has 3 aromatic rings. The van der Waals surface area contributed by atoms with Gasteiger partial charge < -0.3 is 19.7 Å². The lowest BCUT2D eigenvalue weighted by molar-refractivity contribution is -0.132. The highest BCUT2D eigenvalue weighted by Crippen LogP contribution is 2.39. The third-order valence-electron chi connectivity index (χ3n) is 5.69. The van der Waals surface area contributed by atoms with Crippen molar-refractivity contribution in [3.05, 3.63) is 66.4 Å². The van der Waals surface area contributed by atoms with Crippen molar-refractivity contribution in [3.63, 3.8) is 0 Å². The third kappa shape index (κ3) is 3.96. The number of fused-ring (bicyclic) bond motifs is 1. The molecule has 1 N–H and O–H groups in total. The number of aromatic nitrogens is 1. The lowest BCUT2D eigenvalue weighted by atomic mass is 9.73. The van der Waals surface area contributed by atoms with Crippen molar-refractivity contribution in [2.24, 2.45) is 5.41 Å². The summed E-state index contributed by atoms with van der Waals surface area (Å²) in [6.07, 6.45) is 2.47. The number of benzene rings is 2. The van der Waals surface area contributed by atoms with E-state index in [1.807, 2.05) is 48.7 Å². The average molecular weight is 405 g/mol. The van der Waals surface area contributed by atoms with Crippen LogP contribution in [0.1, 0.15) is 5.56 Å². The fraction of sp³-hybridized carbons (Fsp3) is 0.333. The number of ether oxygens (including phenoxy) is 2. The van der Waals surface area contributed by atoms with Crippen LogP contribution in [0.15, 0.2) is 60.8 Å². The highest BCUT2D eigenvalue weighted by molar-refractivity contribution is 5.94. The summed E-state index contributed by atoms with van der Waals surface area (Å²) in [6.45, 7) is 2.23. The van der Waals surface area contributed by atoms with Gasteiger partial charge in [0.25, 0.3) is 0 Å². The number of amides is 1.